The number of rotatable bonds is 5. The molecule has 0 bridgehead atoms. The van der Waals surface area contributed by atoms with Gasteiger partial charge in [0.2, 0.25) is 10.0 Å². The van der Waals surface area contributed by atoms with Crippen molar-refractivity contribution in [2.24, 2.45) is 5.73 Å². The molecule has 21 heavy (non-hydrogen) atoms. The lowest BCUT2D eigenvalue weighted by Crippen LogP contribution is -2.43. The first kappa shape index (κ1) is 16.4. The van der Waals surface area contributed by atoms with Crippen LogP contribution in [0.25, 0.3) is 0 Å². The van der Waals surface area contributed by atoms with Crippen LogP contribution in [0.15, 0.2) is 23.1 Å². The van der Waals surface area contributed by atoms with Gasteiger partial charge in [0, 0.05) is 31.8 Å². The maximum Gasteiger partial charge on any atom is 0.243 e. The fraction of sp³-hybridized carbons (Fsp3) is 0.571. The summed E-state index contributed by atoms with van der Waals surface area (Å²) in [7, 11) is -3.63. The van der Waals surface area contributed by atoms with E-state index in [1.54, 1.807) is 0 Å². The molecule has 0 spiro atoms. The average Bonchev–Trinajstić information content (AvgIpc) is 2.48. The van der Waals surface area contributed by atoms with Crippen LogP contribution in [0.1, 0.15) is 25.3 Å². The fourth-order valence-electron chi connectivity index (χ4n) is 2.51. The second kappa shape index (κ2) is 6.83. The summed E-state index contributed by atoms with van der Waals surface area (Å²) in [6.45, 7) is 3.22. The molecule has 0 aromatic heterocycles. The third kappa shape index (κ3) is 3.60. The third-order valence-electron chi connectivity index (χ3n) is 3.62. The predicted molar refractivity (Wildman–Crippen MR) is 77.7 cm³/mol. The highest BCUT2D eigenvalue weighted by atomic mass is 32.2. The molecule has 2 rings (SSSR count). The van der Waals surface area contributed by atoms with E-state index in [2.05, 4.69) is 0 Å². The number of benzene rings is 1. The van der Waals surface area contributed by atoms with E-state index in [0.717, 1.165) is 18.9 Å². The highest BCUT2D eigenvalue weighted by Gasteiger charge is 2.30. The van der Waals surface area contributed by atoms with Gasteiger partial charge in [-0.2, -0.15) is 4.31 Å². The van der Waals surface area contributed by atoms with E-state index in [1.807, 2.05) is 6.92 Å². The Bertz CT molecular complexity index is 590. The molecule has 1 aromatic carbocycles. The minimum atomic E-state index is -3.63. The largest absolute Gasteiger partial charge is 0.377 e. The molecule has 0 aliphatic carbocycles. The molecule has 1 aromatic rings. The van der Waals surface area contributed by atoms with Crippen LogP contribution in [0, 0.1) is 5.82 Å². The number of hydrogen-bond donors (Lipinski definition) is 1. The molecule has 1 aliphatic heterocycles. The Labute approximate surface area is 124 Å². The monoisotopic (exact) mass is 316 g/mol. The van der Waals surface area contributed by atoms with Crippen LogP contribution in [0.2, 0.25) is 0 Å². The number of hydrogen-bond acceptors (Lipinski definition) is 4. The van der Waals surface area contributed by atoms with Crippen LogP contribution in [0.3, 0.4) is 0 Å². The molecular formula is C14H21FN2O3S. The number of sulfonamides is 1. The molecule has 5 nitrogen and oxygen atoms in total. The van der Waals surface area contributed by atoms with E-state index in [9.17, 15) is 12.8 Å². The van der Waals surface area contributed by atoms with Crippen molar-refractivity contribution in [2.75, 3.05) is 19.7 Å². The fourth-order valence-corrected chi connectivity index (χ4v) is 4.07. The van der Waals surface area contributed by atoms with Crippen LogP contribution >= 0.6 is 0 Å². The van der Waals surface area contributed by atoms with Crippen LogP contribution in [0.4, 0.5) is 4.39 Å². The van der Waals surface area contributed by atoms with Gasteiger partial charge in [0.15, 0.2) is 0 Å². The Hall–Kier alpha value is -1.02. The molecule has 1 saturated heterocycles. The van der Waals surface area contributed by atoms with Gasteiger partial charge in [-0.05, 0) is 38.0 Å². The van der Waals surface area contributed by atoms with Gasteiger partial charge in [-0.1, -0.05) is 0 Å². The number of nitrogens with zero attached hydrogens (tertiary/aromatic N) is 1. The zero-order chi connectivity index (χ0) is 15.5. The summed E-state index contributed by atoms with van der Waals surface area (Å²) in [5.74, 6) is -0.484. The summed E-state index contributed by atoms with van der Waals surface area (Å²) in [5, 5.41) is 0. The lowest BCUT2D eigenvalue weighted by Gasteiger charge is -2.31. The number of halogens is 1. The van der Waals surface area contributed by atoms with Gasteiger partial charge in [-0.25, -0.2) is 12.8 Å². The van der Waals surface area contributed by atoms with Crippen molar-refractivity contribution in [3.05, 3.63) is 29.6 Å². The Kier molecular flexibility index (Phi) is 5.32. The molecule has 7 heteroatoms. The lowest BCUT2D eigenvalue weighted by molar-refractivity contribution is 0.0265. The van der Waals surface area contributed by atoms with Gasteiger partial charge in [-0.15, -0.1) is 0 Å². The van der Waals surface area contributed by atoms with Gasteiger partial charge in [0.25, 0.3) is 0 Å². The highest BCUT2D eigenvalue weighted by molar-refractivity contribution is 7.89. The molecule has 1 atom stereocenters. The lowest BCUT2D eigenvalue weighted by atomic mass is 10.1. The van der Waals surface area contributed by atoms with E-state index in [1.165, 1.54) is 16.4 Å². The molecule has 0 amide bonds. The van der Waals surface area contributed by atoms with Crippen molar-refractivity contribution in [2.45, 2.75) is 37.3 Å². The van der Waals surface area contributed by atoms with Gasteiger partial charge in [0.05, 0.1) is 11.0 Å². The Balaban J connectivity index is 2.25. The van der Waals surface area contributed by atoms with Crippen molar-refractivity contribution in [1.29, 1.82) is 0 Å². The summed E-state index contributed by atoms with van der Waals surface area (Å²) < 4.78 is 45.6. The first-order valence-electron chi connectivity index (χ1n) is 7.09. The van der Waals surface area contributed by atoms with Crippen molar-refractivity contribution in [3.63, 3.8) is 0 Å². The van der Waals surface area contributed by atoms with Gasteiger partial charge in [0.1, 0.15) is 5.82 Å². The number of ether oxygens (including phenoxy) is 1. The molecule has 118 valence electrons. The predicted octanol–water partition coefficient (Wildman–Crippen LogP) is 1.47. The summed E-state index contributed by atoms with van der Waals surface area (Å²) in [5.41, 5.74) is 5.64. The van der Waals surface area contributed by atoms with Crippen molar-refractivity contribution in [3.8, 4) is 0 Å². The van der Waals surface area contributed by atoms with Gasteiger partial charge < -0.3 is 10.5 Å². The number of piperidine rings is 1. The molecule has 0 radical (unpaired) electrons. The molecule has 1 fully saturated rings. The van der Waals surface area contributed by atoms with Crippen LogP contribution in [0.5, 0.6) is 0 Å². The van der Waals surface area contributed by atoms with Crippen LogP contribution < -0.4 is 5.73 Å². The zero-order valence-electron chi connectivity index (χ0n) is 12.1. The number of nitrogens with two attached hydrogens (primary N) is 1. The van der Waals surface area contributed by atoms with E-state index in [-0.39, 0.29) is 23.1 Å². The maximum absolute atomic E-state index is 13.5. The standard InChI is InChI=1S/C14H21FN2O3S/c1-2-20-12-4-3-7-17(10-12)21(18,19)13-5-6-14(15)11(8-13)9-16/h5-6,8,12H,2-4,7,9-10,16H2,1H3. The van der Waals surface area contributed by atoms with E-state index in [0.29, 0.717) is 19.7 Å². The van der Waals surface area contributed by atoms with Crippen molar-refractivity contribution in [1.82, 2.24) is 4.31 Å². The Morgan fingerprint density at radius 2 is 2.24 bits per heavy atom. The summed E-state index contributed by atoms with van der Waals surface area (Å²) in [4.78, 5) is 0.0847. The Morgan fingerprint density at radius 3 is 2.90 bits per heavy atom. The first-order chi connectivity index (χ1) is 9.98. The zero-order valence-corrected chi connectivity index (χ0v) is 12.9. The summed E-state index contributed by atoms with van der Waals surface area (Å²) in [6, 6.07) is 3.75. The Morgan fingerprint density at radius 1 is 1.48 bits per heavy atom. The minimum absolute atomic E-state index is 0.0310. The maximum atomic E-state index is 13.5. The summed E-state index contributed by atoms with van der Waals surface area (Å²) >= 11 is 0. The minimum Gasteiger partial charge on any atom is -0.377 e. The van der Waals surface area contributed by atoms with Gasteiger partial charge in [-0.3, -0.25) is 0 Å². The molecular weight excluding hydrogens is 295 g/mol. The SMILES string of the molecule is CCOC1CCCN(S(=O)(=O)c2ccc(F)c(CN)c2)C1. The normalized spacial score (nSPS) is 20.6. The second-order valence-corrected chi connectivity index (χ2v) is 6.98. The second-order valence-electron chi connectivity index (χ2n) is 5.04. The topological polar surface area (TPSA) is 72.6 Å². The van der Waals surface area contributed by atoms with Crippen molar-refractivity contribution < 1.29 is 17.5 Å². The molecule has 1 aliphatic rings. The first-order valence-corrected chi connectivity index (χ1v) is 8.53. The molecule has 2 N–H and O–H groups in total. The smallest absolute Gasteiger partial charge is 0.243 e. The highest BCUT2D eigenvalue weighted by Crippen LogP contribution is 2.23. The van der Waals surface area contributed by atoms with Crippen LogP contribution in [-0.4, -0.2) is 38.5 Å². The van der Waals surface area contributed by atoms with E-state index in [4.69, 9.17) is 10.5 Å². The van der Waals surface area contributed by atoms with Crippen molar-refractivity contribution >= 4 is 10.0 Å². The summed E-state index contributed by atoms with van der Waals surface area (Å²) in [6.07, 6.45) is 1.54. The third-order valence-corrected chi connectivity index (χ3v) is 5.48. The molecule has 0 saturated carbocycles. The van der Waals surface area contributed by atoms with E-state index < -0.39 is 15.8 Å². The molecule has 1 unspecified atom stereocenters. The quantitative estimate of drug-likeness (QED) is 0.893. The van der Waals surface area contributed by atoms with E-state index >= 15 is 0 Å². The van der Waals surface area contributed by atoms with Crippen LogP contribution in [-0.2, 0) is 21.3 Å². The molecule has 1 heterocycles. The van der Waals surface area contributed by atoms with Gasteiger partial charge >= 0.3 is 0 Å². The average molecular weight is 316 g/mol.